The van der Waals surface area contributed by atoms with E-state index in [1.54, 1.807) is 0 Å². The lowest BCUT2D eigenvalue weighted by atomic mass is 10.1. The highest BCUT2D eigenvalue weighted by Gasteiger charge is 2.47. The van der Waals surface area contributed by atoms with Crippen LogP contribution in [0.25, 0.3) is 22.6 Å². The minimum Gasteiger partial charge on any atom is -0.387 e. The predicted octanol–water partition coefficient (Wildman–Crippen LogP) is 1.75. The van der Waals surface area contributed by atoms with Crippen molar-refractivity contribution in [1.82, 2.24) is 24.8 Å². The Bertz CT molecular complexity index is 1420. The number of nitrogens with zero attached hydrogens (tertiary/aromatic N) is 4. The van der Waals surface area contributed by atoms with Gasteiger partial charge in [-0.2, -0.15) is 0 Å². The molecular weight excluding hydrogens is 474 g/mol. The second-order valence-corrected chi connectivity index (χ2v) is 8.23. The predicted molar refractivity (Wildman–Crippen MR) is 124 cm³/mol. The molecule has 4 N–H and O–H groups in total. The lowest BCUT2D eigenvalue weighted by Crippen LogP contribution is -2.41. The van der Waals surface area contributed by atoms with Crippen molar-refractivity contribution in [1.29, 1.82) is 0 Å². The summed E-state index contributed by atoms with van der Waals surface area (Å²) < 4.78 is 34.5. The third kappa shape index (κ3) is 4.26. The lowest BCUT2D eigenvalue weighted by molar-refractivity contribution is -0.137. The molecule has 0 spiro atoms. The molecule has 12 heteroatoms. The van der Waals surface area contributed by atoms with Crippen LogP contribution in [0.2, 0.25) is 0 Å². The fourth-order valence-electron chi connectivity index (χ4n) is 4.02. The molecule has 10 nitrogen and oxygen atoms in total. The van der Waals surface area contributed by atoms with E-state index in [-0.39, 0.29) is 17.0 Å². The maximum atomic E-state index is 14.0. The van der Waals surface area contributed by atoms with Gasteiger partial charge in [-0.15, -0.1) is 0 Å². The summed E-state index contributed by atoms with van der Waals surface area (Å²) in [5.74, 6) is -2.30. The maximum Gasteiger partial charge on any atom is 0.251 e. The molecule has 1 aliphatic heterocycles. The zero-order chi connectivity index (χ0) is 25.4. The van der Waals surface area contributed by atoms with Crippen LogP contribution in [0.4, 0.5) is 14.6 Å². The second kappa shape index (κ2) is 9.57. The van der Waals surface area contributed by atoms with Crippen LogP contribution in [0.5, 0.6) is 0 Å². The molecule has 1 aliphatic rings. The highest BCUT2D eigenvalue weighted by atomic mass is 19.2. The van der Waals surface area contributed by atoms with Gasteiger partial charge in [-0.3, -0.25) is 9.36 Å². The Labute approximate surface area is 203 Å². The molecule has 4 aromatic rings. The summed E-state index contributed by atoms with van der Waals surface area (Å²) in [4.78, 5) is 25.4. The number of rotatable bonds is 6. The van der Waals surface area contributed by atoms with Gasteiger partial charge < -0.3 is 25.6 Å². The van der Waals surface area contributed by atoms with Gasteiger partial charge >= 0.3 is 0 Å². The van der Waals surface area contributed by atoms with E-state index in [1.165, 1.54) is 24.0 Å². The molecule has 0 aliphatic carbocycles. The van der Waals surface area contributed by atoms with Gasteiger partial charge in [-0.05, 0) is 23.8 Å². The average Bonchev–Trinajstić information content (AvgIpc) is 3.45. The number of aliphatic hydroxyl groups excluding tert-OH is 2. The van der Waals surface area contributed by atoms with E-state index in [0.29, 0.717) is 17.9 Å². The van der Waals surface area contributed by atoms with Gasteiger partial charge in [-0.1, -0.05) is 30.3 Å². The smallest absolute Gasteiger partial charge is 0.251 e. The molecule has 186 valence electrons. The van der Waals surface area contributed by atoms with Crippen LogP contribution < -0.4 is 10.6 Å². The largest absolute Gasteiger partial charge is 0.387 e. The normalized spacial score (nSPS) is 21.6. The minimum absolute atomic E-state index is 0.0644. The molecule has 0 radical (unpaired) electrons. The van der Waals surface area contributed by atoms with Crippen LogP contribution in [0.15, 0.2) is 54.9 Å². The van der Waals surface area contributed by atoms with E-state index in [9.17, 15) is 23.8 Å². The summed E-state index contributed by atoms with van der Waals surface area (Å²) in [6, 6.07) is 12.8. The Kier molecular flexibility index (Phi) is 6.31. The fraction of sp³-hybridized carbons (Fsp3) is 0.250. The summed E-state index contributed by atoms with van der Waals surface area (Å²) in [6.07, 6.45) is -4.12. The number of aromatic nitrogens is 4. The van der Waals surface area contributed by atoms with Crippen molar-refractivity contribution in [3.05, 3.63) is 72.1 Å². The molecule has 5 rings (SSSR count). The van der Waals surface area contributed by atoms with Gasteiger partial charge in [0.05, 0.1) is 6.33 Å². The summed E-state index contributed by atoms with van der Waals surface area (Å²) in [5, 5.41) is 26.6. The number of benzene rings is 2. The third-order valence-electron chi connectivity index (χ3n) is 5.92. The SMILES string of the molecule is CNC(=O)C1OC(n2cnc3c(NCc4ccccc4)nc(-c4ccc(F)c(F)c4)nc32)C(O)C1O. The number of halogens is 2. The van der Waals surface area contributed by atoms with Gasteiger partial charge in [0, 0.05) is 19.2 Å². The zero-order valence-electron chi connectivity index (χ0n) is 19.0. The standard InChI is InChI=1S/C24H22F2N6O4/c1-27-23(35)19-17(33)18(34)24(36-19)32-11-29-16-21(28-10-12-5-3-2-4-6-12)30-20(31-22(16)32)13-7-8-14(25)15(26)9-13/h2-9,11,17-19,24,33-34H,10H2,1H3,(H,27,35)(H,28,30,31). The number of anilines is 1. The number of aliphatic hydroxyl groups is 2. The first-order valence-electron chi connectivity index (χ1n) is 11.1. The first kappa shape index (κ1) is 23.7. The highest BCUT2D eigenvalue weighted by molar-refractivity contribution is 5.85. The number of ether oxygens (including phenoxy) is 1. The van der Waals surface area contributed by atoms with Crippen LogP contribution in [0, 0.1) is 11.6 Å². The number of imidazole rings is 1. The van der Waals surface area contributed by atoms with E-state index in [2.05, 4.69) is 25.6 Å². The Morgan fingerprint density at radius 3 is 2.58 bits per heavy atom. The number of hydrogen-bond donors (Lipinski definition) is 4. The number of likely N-dealkylation sites (N-methyl/N-ethyl adjacent to an activating group) is 1. The Morgan fingerprint density at radius 1 is 1.08 bits per heavy atom. The monoisotopic (exact) mass is 496 g/mol. The number of nitrogens with one attached hydrogen (secondary N) is 2. The van der Waals surface area contributed by atoms with Gasteiger partial charge in [0.25, 0.3) is 5.91 Å². The average molecular weight is 496 g/mol. The molecule has 1 saturated heterocycles. The summed E-state index contributed by atoms with van der Waals surface area (Å²) in [6.45, 7) is 0.386. The number of fused-ring (bicyclic) bond motifs is 1. The second-order valence-electron chi connectivity index (χ2n) is 8.23. The van der Waals surface area contributed by atoms with Gasteiger partial charge in [-0.25, -0.2) is 23.7 Å². The van der Waals surface area contributed by atoms with Crippen molar-refractivity contribution >= 4 is 22.9 Å². The molecule has 4 atom stereocenters. The minimum atomic E-state index is -1.49. The first-order valence-corrected chi connectivity index (χ1v) is 11.1. The highest BCUT2D eigenvalue weighted by Crippen LogP contribution is 2.34. The molecule has 36 heavy (non-hydrogen) atoms. The third-order valence-corrected chi connectivity index (χ3v) is 5.92. The summed E-state index contributed by atoms with van der Waals surface area (Å²) >= 11 is 0. The van der Waals surface area contributed by atoms with Crippen molar-refractivity contribution in [3.63, 3.8) is 0 Å². The molecule has 3 heterocycles. The molecule has 0 bridgehead atoms. The van der Waals surface area contributed by atoms with E-state index < -0.39 is 42.1 Å². The Hall–Kier alpha value is -4.00. The van der Waals surface area contributed by atoms with Crippen LogP contribution in [0.3, 0.4) is 0 Å². The maximum absolute atomic E-state index is 14.0. The van der Waals surface area contributed by atoms with Crippen LogP contribution in [0.1, 0.15) is 11.8 Å². The van der Waals surface area contributed by atoms with E-state index >= 15 is 0 Å². The van der Waals surface area contributed by atoms with Gasteiger partial charge in [0.2, 0.25) is 0 Å². The zero-order valence-corrected chi connectivity index (χ0v) is 19.0. The van der Waals surface area contributed by atoms with Crippen molar-refractivity contribution < 1.29 is 28.5 Å². The molecule has 2 aromatic carbocycles. The van der Waals surface area contributed by atoms with Gasteiger partial charge in [0.1, 0.15) is 12.2 Å². The summed E-state index contributed by atoms with van der Waals surface area (Å²) in [5.41, 5.74) is 1.67. The number of amides is 1. The topological polar surface area (TPSA) is 134 Å². The lowest BCUT2D eigenvalue weighted by Gasteiger charge is -2.17. The van der Waals surface area contributed by atoms with E-state index in [1.807, 2.05) is 30.3 Å². The van der Waals surface area contributed by atoms with Crippen molar-refractivity contribution in [2.75, 3.05) is 12.4 Å². The molecule has 4 unspecified atom stereocenters. The van der Waals surface area contributed by atoms with Crippen molar-refractivity contribution in [3.8, 4) is 11.4 Å². The van der Waals surface area contributed by atoms with E-state index in [4.69, 9.17) is 4.74 Å². The Balaban J connectivity index is 1.59. The van der Waals surface area contributed by atoms with Gasteiger partial charge in [0.15, 0.2) is 46.8 Å². The number of carbonyl (C=O) groups excluding carboxylic acids is 1. The van der Waals surface area contributed by atoms with Crippen LogP contribution in [-0.4, -0.2) is 61.0 Å². The summed E-state index contributed by atoms with van der Waals surface area (Å²) in [7, 11) is 1.39. The van der Waals surface area contributed by atoms with Crippen LogP contribution >= 0.6 is 0 Å². The fourth-order valence-corrected chi connectivity index (χ4v) is 4.02. The molecule has 2 aromatic heterocycles. The number of hydrogen-bond acceptors (Lipinski definition) is 8. The molecule has 1 fully saturated rings. The molecule has 1 amide bonds. The van der Waals surface area contributed by atoms with Crippen molar-refractivity contribution in [2.45, 2.75) is 31.1 Å². The molecule has 0 saturated carbocycles. The van der Waals surface area contributed by atoms with Crippen molar-refractivity contribution in [2.24, 2.45) is 0 Å². The molecular formula is C24H22F2N6O4. The first-order chi connectivity index (χ1) is 17.4. The van der Waals surface area contributed by atoms with Crippen LogP contribution in [-0.2, 0) is 16.1 Å². The number of carbonyl (C=O) groups is 1. The quantitative estimate of drug-likeness (QED) is 0.317. The Morgan fingerprint density at radius 2 is 1.86 bits per heavy atom. The van der Waals surface area contributed by atoms with E-state index in [0.717, 1.165) is 17.7 Å².